The average molecular weight is 343 g/mol. The maximum absolute atomic E-state index is 12.0. The van der Waals surface area contributed by atoms with E-state index in [4.69, 9.17) is 10.2 Å². The van der Waals surface area contributed by atoms with Gasteiger partial charge in [-0.2, -0.15) is 11.8 Å². The Labute approximate surface area is 114 Å². The monoisotopic (exact) mass is 342 g/mol. The maximum Gasteiger partial charge on any atom is 0.245 e. The van der Waals surface area contributed by atoms with Gasteiger partial charge in [-0.25, -0.2) is 13.1 Å². The highest BCUT2D eigenvalue weighted by atomic mass is 79.9. The third-order valence-corrected chi connectivity index (χ3v) is 5.41. The average Bonchev–Trinajstić information content (AvgIpc) is 2.68. The summed E-state index contributed by atoms with van der Waals surface area (Å²) in [5.41, 5.74) is 5.39. The largest absolute Gasteiger partial charge is 0.452 e. The molecule has 17 heavy (non-hydrogen) atoms. The lowest BCUT2D eigenvalue weighted by atomic mass is 10.5. The molecule has 1 unspecified atom stereocenters. The zero-order valence-corrected chi connectivity index (χ0v) is 12.8. The molecule has 0 aromatic carbocycles. The van der Waals surface area contributed by atoms with Crippen LogP contribution in [-0.4, -0.2) is 26.5 Å². The second kappa shape index (κ2) is 6.24. The number of nitrogens with one attached hydrogen (secondary N) is 1. The molecule has 0 fully saturated rings. The van der Waals surface area contributed by atoms with Crippen molar-refractivity contribution in [2.45, 2.75) is 23.6 Å². The van der Waals surface area contributed by atoms with Crippen LogP contribution in [0.4, 0.5) is 0 Å². The van der Waals surface area contributed by atoms with Crippen LogP contribution >= 0.6 is 27.7 Å². The van der Waals surface area contributed by atoms with Crippen LogP contribution in [-0.2, 0) is 16.6 Å². The van der Waals surface area contributed by atoms with Gasteiger partial charge in [0.1, 0.15) is 10.7 Å². The van der Waals surface area contributed by atoms with Gasteiger partial charge in [0.2, 0.25) is 10.0 Å². The van der Waals surface area contributed by atoms with Gasteiger partial charge in [0, 0.05) is 17.9 Å². The van der Waals surface area contributed by atoms with Crippen molar-refractivity contribution in [1.29, 1.82) is 0 Å². The van der Waals surface area contributed by atoms with Gasteiger partial charge < -0.3 is 10.2 Å². The van der Waals surface area contributed by atoms with Crippen LogP contribution in [0, 0.1) is 0 Å². The minimum atomic E-state index is -3.54. The predicted octanol–water partition coefficient (Wildman–Crippen LogP) is 1.53. The molecule has 0 radical (unpaired) electrons. The Kier molecular flexibility index (Phi) is 5.52. The van der Waals surface area contributed by atoms with E-state index in [0.29, 0.717) is 12.3 Å². The quantitative estimate of drug-likeness (QED) is 0.818. The molecule has 1 rings (SSSR count). The minimum Gasteiger partial charge on any atom is -0.452 e. The van der Waals surface area contributed by atoms with Gasteiger partial charge in [0.15, 0.2) is 4.67 Å². The van der Waals surface area contributed by atoms with Crippen LogP contribution in [0.5, 0.6) is 0 Å². The molecule has 0 aliphatic rings. The molecule has 0 saturated heterocycles. The predicted molar refractivity (Wildman–Crippen MR) is 72.5 cm³/mol. The first-order valence-corrected chi connectivity index (χ1v) is 8.48. The Morgan fingerprint density at radius 3 is 2.76 bits per heavy atom. The Hall–Kier alpha value is -0.0200. The van der Waals surface area contributed by atoms with Crippen molar-refractivity contribution in [2.24, 2.45) is 5.73 Å². The van der Waals surface area contributed by atoms with Crippen LogP contribution in [0.2, 0.25) is 0 Å². The zero-order chi connectivity index (χ0) is 13.1. The van der Waals surface area contributed by atoms with E-state index in [2.05, 4.69) is 20.7 Å². The second-order valence-corrected chi connectivity index (χ2v) is 7.18. The van der Waals surface area contributed by atoms with Crippen molar-refractivity contribution in [2.75, 3.05) is 12.8 Å². The lowest BCUT2D eigenvalue weighted by Gasteiger charge is -2.09. The molecule has 0 aliphatic heterocycles. The van der Waals surface area contributed by atoms with E-state index in [1.54, 1.807) is 11.8 Å². The van der Waals surface area contributed by atoms with Crippen LogP contribution in [0.3, 0.4) is 0 Å². The van der Waals surface area contributed by atoms with Gasteiger partial charge in [0.05, 0.1) is 6.54 Å². The molecule has 1 aromatic heterocycles. The molecule has 0 aliphatic carbocycles. The molecule has 0 saturated carbocycles. The van der Waals surface area contributed by atoms with E-state index >= 15 is 0 Å². The Balaban J connectivity index is 2.85. The molecule has 1 heterocycles. The summed E-state index contributed by atoms with van der Waals surface area (Å²) in [4.78, 5) is 0.0891. The summed E-state index contributed by atoms with van der Waals surface area (Å²) in [5.74, 6) is 0.426. The molecular weight excluding hydrogens is 328 g/mol. The van der Waals surface area contributed by atoms with Crippen molar-refractivity contribution < 1.29 is 12.8 Å². The van der Waals surface area contributed by atoms with E-state index in [-0.39, 0.29) is 21.4 Å². The number of halogens is 1. The van der Waals surface area contributed by atoms with Crippen LogP contribution in [0.1, 0.15) is 12.7 Å². The number of hydrogen-bond donors (Lipinski definition) is 2. The number of rotatable bonds is 6. The topological polar surface area (TPSA) is 85.3 Å². The summed E-state index contributed by atoms with van der Waals surface area (Å²) in [6.45, 7) is 2.48. The summed E-state index contributed by atoms with van der Waals surface area (Å²) in [7, 11) is -3.54. The minimum absolute atomic E-state index is 0.0891. The highest BCUT2D eigenvalue weighted by Gasteiger charge is 2.22. The van der Waals surface area contributed by atoms with E-state index in [1.807, 2.05) is 13.2 Å². The fraction of sp³-hybridized carbons (Fsp3) is 0.556. The van der Waals surface area contributed by atoms with E-state index in [0.717, 1.165) is 0 Å². The standard InChI is InChI=1S/C9H15BrN2O3S2/c1-6(16-2)5-12-17(13,14)8-3-7(4-11)15-9(8)10/h3,6,12H,4-5,11H2,1-2H3. The van der Waals surface area contributed by atoms with Gasteiger partial charge >= 0.3 is 0 Å². The molecule has 1 atom stereocenters. The van der Waals surface area contributed by atoms with Gasteiger partial charge in [0.25, 0.3) is 0 Å². The fourth-order valence-electron chi connectivity index (χ4n) is 1.07. The Morgan fingerprint density at radius 2 is 2.29 bits per heavy atom. The molecule has 0 bridgehead atoms. The third-order valence-electron chi connectivity index (χ3n) is 2.16. The summed E-state index contributed by atoms with van der Waals surface area (Å²) >= 11 is 4.66. The van der Waals surface area contributed by atoms with E-state index in [9.17, 15) is 8.42 Å². The van der Waals surface area contributed by atoms with Crippen molar-refractivity contribution in [3.05, 3.63) is 16.5 Å². The van der Waals surface area contributed by atoms with Crippen LogP contribution in [0.25, 0.3) is 0 Å². The summed E-state index contributed by atoms with van der Waals surface area (Å²) in [6.07, 6.45) is 1.93. The molecule has 0 spiro atoms. The summed E-state index contributed by atoms with van der Waals surface area (Å²) in [6, 6.07) is 1.43. The normalized spacial score (nSPS) is 13.9. The highest BCUT2D eigenvalue weighted by molar-refractivity contribution is 9.10. The van der Waals surface area contributed by atoms with Crippen LogP contribution < -0.4 is 10.5 Å². The number of hydrogen-bond acceptors (Lipinski definition) is 5. The molecule has 8 heteroatoms. The Bertz CT molecular complexity index is 473. The van der Waals surface area contributed by atoms with Gasteiger partial charge in [-0.1, -0.05) is 6.92 Å². The lowest BCUT2D eigenvalue weighted by Crippen LogP contribution is -2.29. The summed E-state index contributed by atoms with van der Waals surface area (Å²) in [5, 5.41) is 0.212. The number of furan rings is 1. The third kappa shape index (κ3) is 3.99. The molecule has 1 aromatic rings. The maximum atomic E-state index is 12.0. The van der Waals surface area contributed by atoms with Crippen LogP contribution in [0.15, 0.2) is 20.0 Å². The first kappa shape index (κ1) is 15.0. The zero-order valence-electron chi connectivity index (χ0n) is 9.57. The van der Waals surface area contributed by atoms with Gasteiger partial charge in [-0.3, -0.25) is 0 Å². The van der Waals surface area contributed by atoms with Crippen molar-refractivity contribution in [3.8, 4) is 0 Å². The van der Waals surface area contributed by atoms with Crippen molar-refractivity contribution in [1.82, 2.24) is 4.72 Å². The first-order chi connectivity index (χ1) is 7.90. The Morgan fingerprint density at radius 1 is 1.65 bits per heavy atom. The molecule has 98 valence electrons. The molecular formula is C9H15BrN2O3S2. The number of sulfonamides is 1. The highest BCUT2D eigenvalue weighted by Crippen LogP contribution is 2.25. The molecule has 0 amide bonds. The van der Waals surface area contributed by atoms with Crippen molar-refractivity contribution in [3.63, 3.8) is 0 Å². The molecule has 3 N–H and O–H groups in total. The van der Waals surface area contributed by atoms with Crippen molar-refractivity contribution >= 4 is 37.7 Å². The SMILES string of the molecule is CSC(C)CNS(=O)(=O)c1cc(CN)oc1Br. The molecule has 5 nitrogen and oxygen atoms in total. The second-order valence-electron chi connectivity index (χ2n) is 3.45. The van der Waals surface area contributed by atoms with Gasteiger partial charge in [-0.15, -0.1) is 0 Å². The van der Waals surface area contributed by atoms with E-state index in [1.165, 1.54) is 6.07 Å². The fourth-order valence-corrected chi connectivity index (χ4v) is 3.55. The summed E-state index contributed by atoms with van der Waals surface area (Å²) < 4.78 is 31.8. The van der Waals surface area contributed by atoms with E-state index < -0.39 is 10.0 Å². The first-order valence-electron chi connectivity index (χ1n) is 4.91. The van der Waals surface area contributed by atoms with Gasteiger partial charge in [-0.05, 0) is 22.2 Å². The number of thioether (sulfide) groups is 1. The number of nitrogens with two attached hydrogens (primary N) is 1. The lowest BCUT2D eigenvalue weighted by molar-refractivity contribution is 0.483. The smallest absolute Gasteiger partial charge is 0.245 e.